The van der Waals surface area contributed by atoms with Gasteiger partial charge in [0.2, 0.25) is 0 Å². The number of hydrogen-bond acceptors (Lipinski definition) is 3. The third-order valence-electron chi connectivity index (χ3n) is 1.94. The zero-order chi connectivity index (χ0) is 8.65. The Kier molecular flexibility index (Phi) is 5.32. The lowest BCUT2D eigenvalue weighted by molar-refractivity contribution is -0.166. The van der Waals surface area contributed by atoms with Crippen molar-refractivity contribution >= 4 is 0 Å². The van der Waals surface area contributed by atoms with Gasteiger partial charge in [-0.15, -0.1) is 0 Å². The van der Waals surface area contributed by atoms with Gasteiger partial charge in [-0.2, -0.15) is 0 Å². The van der Waals surface area contributed by atoms with Crippen LogP contribution in [0.25, 0.3) is 0 Å². The Hall–Kier alpha value is -0.120. The lowest BCUT2D eigenvalue weighted by Gasteiger charge is -2.22. The summed E-state index contributed by atoms with van der Waals surface area (Å²) in [6.45, 7) is 4.65. The number of hydrogen-bond donors (Lipinski definition) is 1. The second-order valence-corrected chi connectivity index (χ2v) is 3.11. The van der Waals surface area contributed by atoms with Crippen molar-refractivity contribution in [3.8, 4) is 0 Å². The predicted molar refractivity (Wildman–Crippen MR) is 47.8 cm³/mol. The summed E-state index contributed by atoms with van der Waals surface area (Å²) in [7, 11) is 0. The lowest BCUT2D eigenvalue weighted by Crippen LogP contribution is -2.28. The van der Waals surface area contributed by atoms with Crippen molar-refractivity contribution in [1.29, 1.82) is 0 Å². The Morgan fingerprint density at radius 2 is 2.42 bits per heavy atom. The van der Waals surface area contributed by atoms with Crippen molar-refractivity contribution in [2.24, 2.45) is 0 Å². The molecule has 12 heavy (non-hydrogen) atoms. The Morgan fingerprint density at radius 3 is 3.08 bits per heavy atom. The molecule has 1 aliphatic heterocycles. The van der Waals surface area contributed by atoms with E-state index in [2.05, 4.69) is 12.2 Å². The standard InChI is InChI=1S/C9H19NO2/c1-2-6-10-8-12-9-5-3-4-7-11-9/h9-10H,2-8H2,1H3. The van der Waals surface area contributed by atoms with Crippen molar-refractivity contribution in [1.82, 2.24) is 5.32 Å². The number of nitrogens with one attached hydrogen (secondary N) is 1. The summed E-state index contributed by atoms with van der Waals surface area (Å²) in [5.74, 6) is 0. The van der Waals surface area contributed by atoms with Crippen LogP contribution in [-0.4, -0.2) is 26.2 Å². The zero-order valence-electron chi connectivity index (χ0n) is 7.84. The van der Waals surface area contributed by atoms with Crippen molar-refractivity contribution in [2.75, 3.05) is 19.9 Å². The van der Waals surface area contributed by atoms with Gasteiger partial charge < -0.3 is 9.47 Å². The molecule has 1 fully saturated rings. The summed E-state index contributed by atoms with van der Waals surface area (Å²) in [6.07, 6.45) is 4.66. The van der Waals surface area contributed by atoms with E-state index in [-0.39, 0.29) is 6.29 Å². The summed E-state index contributed by atoms with van der Waals surface area (Å²) < 4.78 is 10.8. The van der Waals surface area contributed by atoms with E-state index in [9.17, 15) is 0 Å². The molecule has 1 heterocycles. The highest BCUT2D eigenvalue weighted by Gasteiger charge is 2.12. The van der Waals surface area contributed by atoms with E-state index in [4.69, 9.17) is 9.47 Å². The van der Waals surface area contributed by atoms with E-state index in [1.165, 1.54) is 12.8 Å². The molecule has 1 rings (SSSR count). The van der Waals surface area contributed by atoms with Crippen LogP contribution in [0.2, 0.25) is 0 Å². The summed E-state index contributed by atoms with van der Waals surface area (Å²) in [4.78, 5) is 0. The maximum atomic E-state index is 5.45. The van der Waals surface area contributed by atoms with Crippen molar-refractivity contribution in [2.45, 2.75) is 38.9 Å². The van der Waals surface area contributed by atoms with E-state index in [1.54, 1.807) is 0 Å². The Balaban J connectivity index is 1.91. The molecule has 3 nitrogen and oxygen atoms in total. The zero-order valence-corrected chi connectivity index (χ0v) is 7.84. The van der Waals surface area contributed by atoms with Gasteiger partial charge in [0.1, 0.15) is 0 Å². The molecule has 72 valence electrons. The second kappa shape index (κ2) is 6.40. The average molecular weight is 173 g/mol. The molecule has 0 amide bonds. The molecular formula is C9H19NO2. The normalized spacial score (nSPS) is 24.2. The van der Waals surface area contributed by atoms with Crippen LogP contribution in [0.3, 0.4) is 0 Å². The van der Waals surface area contributed by atoms with E-state index in [0.29, 0.717) is 6.73 Å². The molecule has 0 aromatic heterocycles. The SMILES string of the molecule is CCCNCOC1CCCCO1. The van der Waals surface area contributed by atoms with Gasteiger partial charge in [0.15, 0.2) is 6.29 Å². The van der Waals surface area contributed by atoms with Crippen LogP contribution in [0.5, 0.6) is 0 Å². The Morgan fingerprint density at radius 1 is 1.50 bits per heavy atom. The third-order valence-corrected chi connectivity index (χ3v) is 1.94. The van der Waals surface area contributed by atoms with Gasteiger partial charge in [0.25, 0.3) is 0 Å². The molecule has 1 unspecified atom stereocenters. The van der Waals surface area contributed by atoms with E-state index >= 15 is 0 Å². The molecule has 0 spiro atoms. The predicted octanol–water partition coefficient (Wildman–Crippen LogP) is 1.49. The highest BCUT2D eigenvalue weighted by Crippen LogP contribution is 2.12. The molecule has 0 saturated carbocycles. The van der Waals surface area contributed by atoms with Gasteiger partial charge in [-0.25, -0.2) is 0 Å². The van der Waals surface area contributed by atoms with Crippen LogP contribution in [-0.2, 0) is 9.47 Å². The maximum absolute atomic E-state index is 5.45. The van der Waals surface area contributed by atoms with Crippen LogP contribution < -0.4 is 5.32 Å². The molecular weight excluding hydrogens is 154 g/mol. The first kappa shape index (κ1) is 9.96. The topological polar surface area (TPSA) is 30.5 Å². The molecule has 1 saturated heterocycles. The van der Waals surface area contributed by atoms with Gasteiger partial charge in [0.05, 0.1) is 6.73 Å². The molecule has 1 N–H and O–H groups in total. The van der Waals surface area contributed by atoms with Gasteiger partial charge in [-0.3, -0.25) is 5.32 Å². The lowest BCUT2D eigenvalue weighted by atomic mass is 10.2. The van der Waals surface area contributed by atoms with Crippen molar-refractivity contribution in [3.63, 3.8) is 0 Å². The maximum Gasteiger partial charge on any atom is 0.159 e. The molecule has 0 radical (unpaired) electrons. The third kappa shape index (κ3) is 4.04. The highest BCUT2D eigenvalue weighted by molar-refractivity contribution is 4.53. The first-order valence-electron chi connectivity index (χ1n) is 4.87. The van der Waals surface area contributed by atoms with Gasteiger partial charge in [0, 0.05) is 6.61 Å². The molecule has 1 aliphatic rings. The van der Waals surface area contributed by atoms with E-state index in [0.717, 1.165) is 26.0 Å². The molecule has 0 aromatic carbocycles. The van der Waals surface area contributed by atoms with E-state index < -0.39 is 0 Å². The van der Waals surface area contributed by atoms with Gasteiger partial charge in [-0.05, 0) is 32.2 Å². The van der Waals surface area contributed by atoms with Gasteiger partial charge in [-0.1, -0.05) is 6.92 Å². The van der Waals surface area contributed by atoms with Crippen molar-refractivity contribution < 1.29 is 9.47 Å². The van der Waals surface area contributed by atoms with Crippen LogP contribution >= 0.6 is 0 Å². The summed E-state index contributed by atoms with van der Waals surface area (Å²) in [5, 5.41) is 3.18. The Labute approximate surface area is 74.4 Å². The molecule has 0 aromatic rings. The molecule has 0 bridgehead atoms. The first-order chi connectivity index (χ1) is 5.93. The van der Waals surface area contributed by atoms with Crippen LogP contribution in [0.15, 0.2) is 0 Å². The van der Waals surface area contributed by atoms with Crippen LogP contribution in [0, 0.1) is 0 Å². The summed E-state index contributed by atoms with van der Waals surface area (Å²) >= 11 is 0. The number of rotatable bonds is 5. The van der Waals surface area contributed by atoms with Crippen LogP contribution in [0.1, 0.15) is 32.6 Å². The van der Waals surface area contributed by atoms with E-state index in [1.807, 2.05) is 0 Å². The summed E-state index contributed by atoms with van der Waals surface area (Å²) in [5.41, 5.74) is 0. The summed E-state index contributed by atoms with van der Waals surface area (Å²) in [6, 6.07) is 0. The highest BCUT2D eigenvalue weighted by atomic mass is 16.7. The fraction of sp³-hybridized carbons (Fsp3) is 1.00. The Bertz CT molecular complexity index is 103. The minimum atomic E-state index is 0.0445. The fourth-order valence-corrected chi connectivity index (χ4v) is 1.24. The molecule has 0 aliphatic carbocycles. The monoisotopic (exact) mass is 173 g/mol. The van der Waals surface area contributed by atoms with Gasteiger partial charge >= 0.3 is 0 Å². The molecule has 1 atom stereocenters. The molecule has 3 heteroatoms. The van der Waals surface area contributed by atoms with Crippen LogP contribution in [0.4, 0.5) is 0 Å². The first-order valence-corrected chi connectivity index (χ1v) is 4.87. The minimum absolute atomic E-state index is 0.0445. The average Bonchev–Trinajstić information content (AvgIpc) is 2.14. The smallest absolute Gasteiger partial charge is 0.159 e. The second-order valence-electron chi connectivity index (χ2n) is 3.11. The largest absolute Gasteiger partial charge is 0.353 e. The minimum Gasteiger partial charge on any atom is -0.353 e. The van der Waals surface area contributed by atoms with Crippen molar-refractivity contribution in [3.05, 3.63) is 0 Å². The number of ether oxygens (including phenoxy) is 2. The quantitative estimate of drug-likeness (QED) is 0.504. The fourth-order valence-electron chi connectivity index (χ4n) is 1.24.